The number of nitrogens with zero attached hydrogens (tertiary/aromatic N) is 2. The van der Waals surface area contributed by atoms with Crippen LogP contribution >= 0.6 is 0 Å². The Bertz CT molecular complexity index is 635. The van der Waals surface area contributed by atoms with Crippen molar-refractivity contribution in [1.82, 2.24) is 20.2 Å². The fourth-order valence-electron chi connectivity index (χ4n) is 2.79. The highest BCUT2D eigenvalue weighted by molar-refractivity contribution is 5.74. The number of benzene rings is 1. The molecule has 2 atom stereocenters. The molecular weight excluding hydrogens is 292 g/mol. The molecule has 0 aliphatic carbocycles. The molecule has 0 saturated carbocycles. The van der Waals surface area contributed by atoms with E-state index in [-0.39, 0.29) is 18.2 Å². The molecular formula is C17H22N4O2. The number of ether oxygens (including phenoxy) is 1. The van der Waals surface area contributed by atoms with Gasteiger partial charge in [-0.2, -0.15) is 0 Å². The molecule has 1 aliphatic heterocycles. The van der Waals surface area contributed by atoms with E-state index in [0.717, 1.165) is 30.8 Å². The van der Waals surface area contributed by atoms with Crippen LogP contribution in [0.1, 0.15) is 30.3 Å². The molecule has 1 aromatic carbocycles. The lowest BCUT2D eigenvalue weighted by Gasteiger charge is -2.20. The number of nitrogens with one attached hydrogen (secondary N) is 2. The minimum atomic E-state index is -0.291. The molecule has 0 bridgehead atoms. The van der Waals surface area contributed by atoms with Gasteiger partial charge in [0.05, 0.1) is 6.10 Å². The van der Waals surface area contributed by atoms with Crippen LogP contribution in [-0.2, 0) is 11.8 Å². The van der Waals surface area contributed by atoms with Crippen molar-refractivity contribution in [1.29, 1.82) is 0 Å². The Morgan fingerprint density at radius 2 is 2.26 bits per heavy atom. The van der Waals surface area contributed by atoms with Gasteiger partial charge in [-0.3, -0.25) is 0 Å². The average molecular weight is 314 g/mol. The van der Waals surface area contributed by atoms with E-state index >= 15 is 0 Å². The maximum absolute atomic E-state index is 12.3. The maximum Gasteiger partial charge on any atom is 0.315 e. The van der Waals surface area contributed by atoms with E-state index < -0.39 is 0 Å². The molecule has 2 N–H and O–H groups in total. The van der Waals surface area contributed by atoms with Crippen LogP contribution in [0.15, 0.2) is 42.7 Å². The Morgan fingerprint density at radius 1 is 1.43 bits per heavy atom. The van der Waals surface area contributed by atoms with Crippen LogP contribution in [0.4, 0.5) is 4.79 Å². The summed E-state index contributed by atoms with van der Waals surface area (Å²) in [5.74, 6) is 0.795. The Balaban J connectivity index is 1.68. The van der Waals surface area contributed by atoms with Crippen molar-refractivity contribution in [3.63, 3.8) is 0 Å². The van der Waals surface area contributed by atoms with Gasteiger partial charge in [-0.15, -0.1) is 0 Å². The number of carbonyl (C=O) groups excluding carboxylic acids is 1. The summed E-state index contributed by atoms with van der Waals surface area (Å²) >= 11 is 0. The van der Waals surface area contributed by atoms with Gasteiger partial charge in [0.25, 0.3) is 0 Å². The van der Waals surface area contributed by atoms with E-state index in [2.05, 4.69) is 15.6 Å². The van der Waals surface area contributed by atoms with Crippen molar-refractivity contribution >= 4 is 6.03 Å². The predicted molar refractivity (Wildman–Crippen MR) is 87.0 cm³/mol. The third kappa shape index (κ3) is 3.90. The van der Waals surface area contributed by atoms with E-state index in [4.69, 9.17) is 4.74 Å². The molecule has 23 heavy (non-hydrogen) atoms. The zero-order chi connectivity index (χ0) is 16.1. The van der Waals surface area contributed by atoms with Gasteiger partial charge in [-0.1, -0.05) is 30.3 Å². The van der Waals surface area contributed by atoms with Gasteiger partial charge < -0.3 is 19.9 Å². The molecule has 122 valence electrons. The summed E-state index contributed by atoms with van der Waals surface area (Å²) in [7, 11) is 1.92. The second-order valence-corrected chi connectivity index (χ2v) is 5.73. The molecule has 2 aromatic rings. The van der Waals surface area contributed by atoms with Crippen molar-refractivity contribution in [3.8, 4) is 0 Å². The van der Waals surface area contributed by atoms with E-state index in [0.29, 0.717) is 6.54 Å². The highest BCUT2D eigenvalue weighted by atomic mass is 16.5. The molecule has 6 heteroatoms. The molecule has 0 spiro atoms. The number of amides is 2. The number of urea groups is 1. The van der Waals surface area contributed by atoms with Gasteiger partial charge in [-0.25, -0.2) is 9.78 Å². The van der Waals surface area contributed by atoms with E-state index in [1.54, 1.807) is 6.20 Å². The molecule has 6 nitrogen and oxygen atoms in total. The smallest absolute Gasteiger partial charge is 0.315 e. The lowest BCUT2D eigenvalue weighted by atomic mass is 10.1. The molecule has 0 radical (unpaired) electrons. The summed E-state index contributed by atoms with van der Waals surface area (Å²) in [4.78, 5) is 16.7. The van der Waals surface area contributed by atoms with Crippen LogP contribution in [0.5, 0.6) is 0 Å². The van der Waals surface area contributed by atoms with Crippen LogP contribution in [0, 0.1) is 0 Å². The fraction of sp³-hybridized carbons (Fsp3) is 0.412. The first-order valence-corrected chi connectivity index (χ1v) is 7.92. The van der Waals surface area contributed by atoms with Crippen molar-refractivity contribution in [2.24, 2.45) is 7.05 Å². The minimum absolute atomic E-state index is 0.129. The Labute approximate surface area is 135 Å². The monoisotopic (exact) mass is 314 g/mol. The number of hydrogen-bond acceptors (Lipinski definition) is 3. The summed E-state index contributed by atoms with van der Waals surface area (Å²) in [5.41, 5.74) is 0.995. The van der Waals surface area contributed by atoms with Crippen molar-refractivity contribution in [2.75, 3.05) is 13.2 Å². The Kier molecular flexibility index (Phi) is 4.92. The van der Waals surface area contributed by atoms with Crippen LogP contribution < -0.4 is 10.6 Å². The molecule has 0 unspecified atom stereocenters. The van der Waals surface area contributed by atoms with Gasteiger partial charge >= 0.3 is 6.03 Å². The van der Waals surface area contributed by atoms with Crippen LogP contribution in [0.2, 0.25) is 0 Å². The lowest BCUT2D eigenvalue weighted by Crippen LogP contribution is -2.42. The predicted octanol–water partition coefficient (Wildman–Crippen LogP) is 1.99. The normalized spacial score (nSPS) is 18.6. The summed E-state index contributed by atoms with van der Waals surface area (Å²) in [5, 5.41) is 5.91. The summed E-state index contributed by atoms with van der Waals surface area (Å²) < 4.78 is 7.44. The molecule has 1 saturated heterocycles. The summed E-state index contributed by atoms with van der Waals surface area (Å²) in [6.45, 7) is 1.32. The van der Waals surface area contributed by atoms with Gasteiger partial charge in [-0.05, 0) is 18.4 Å². The van der Waals surface area contributed by atoms with Gasteiger partial charge in [0.2, 0.25) is 0 Å². The average Bonchev–Trinajstić information content (AvgIpc) is 3.23. The molecule has 3 rings (SSSR count). The lowest BCUT2D eigenvalue weighted by molar-refractivity contribution is 0.111. The number of hydrogen-bond donors (Lipinski definition) is 2. The van der Waals surface area contributed by atoms with E-state index in [1.165, 1.54) is 0 Å². The standard InChI is InChI=1S/C17H22N4O2/c1-21-10-9-18-16(21)15(13-6-3-2-4-7-13)20-17(22)19-12-14-8-5-11-23-14/h2-4,6-7,9-10,14-15H,5,8,11-12H2,1H3,(H2,19,20,22)/t14-,15+/m0/s1. The van der Waals surface area contributed by atoms with Gasteiger partial charge in [0.1, 0.15) is 11.9 Å². The van der Waals surface area contributed by atoms with Crippen LogP contribution in [0.25, 0.3) is 0 Å². The summed E-state index contributed by atoms with van der Waals surface area (Å²) in [6, 6.07) is 9.34. The zero-order valence-electron chi connectivity index (χ0n) is 13.2. The summed E-state index contributed by atoms with van der Waals surface area (Å²) in [6.07, 6.45) is 5.80. The number of aromatic nitrogens is 2. The maximum atomic E-state index is 12.3. The Morgan fingerprint density at radius 3 is 2.91 bits per heavy atom. The first-order chi connectivity index (χ1) is 11.2. The number of aryl methyl sites for hydroxylation is 1. The molecule has 1 fully saturated rings. The highest BCUT2D eigenvalue weighted by Gasteiger charge is 2.21. The molecule has 1 aliphatic rings. The number of imidazole rings is 1. The SMILES string of the molecule is Cn1ccnc1[C@H](NC(=O)NC[C@@H]1CCCO1)c1ccccc1. The van der Waals surface area contributed by atoms with Crippen molar-refractivity contribution in [2.45, 2.75) is 25.0 Å². The second kappa shape index (κ2) is 7.28. The topological polar surface area (TPSA) is 68.2 Å². The number of carbonyl (C=O) groups is 1. The first kappa shape index (κ1) is 15.6. The molecule has 1 aromatic heterocycles. The number of rotatable bonds is 5. The van der Waals surface area contributed by atoms with E-state index in [1.807, 2.05) is 48.1 Å². The molecule has 2 heterocycles. The largest absolute Gasteiger partial charge is 0.376 e. The van der Waals surface area contributed by atoms with Crippen LogP contribution in [0.3, 0.4) is 0 Å². The second-order valence-electron chi connectivity index (χ2n) is 5.73. The van der Waals surface area contributed by atoms with Crippen molar-refractivity contribution < 1.29 is 9.53 Å². The third-order valence-electron chi connectivity index (χ3n) is 4.04. The first-order valence-electron chi connectivity index (χ1n) is 7.92. The molecule has 2 amide bonds. The van der Waals surface area contributed by atoms with E-state index in [9.17, 15) is 4.79 Å². The minimum Gasteiger partial charge on any atom is -0.376 e. The van der Waals surface area contributed by atoms with Crippen molar-refractivity contribution in [3.05, 3.63) is 54.1 Å². The van der Waals surface area contributed by atoms with Gasteiger partial charge in [0.15, 0.2) is 0 Å². The Hall–Kier alpha value is -2.34. The van der Waals surface area contributed by atoms with Gasteiger partial charge in [0, 0.05) is 32.6 Å². The highest BCUT2D eigenvalue weighted by Crippen LogP contribution is 2.20. The quantitative estimate of drug-likeness (QED) is 0.887. The van der Waals surface area contributed by atoms with Crippen LogP contribution in [-0.4, -0.2) is 34.8 Å². The fourth-order valence-corrected chi connectivity index (χ4v) is 2.79. The third-order valence-corrected chi connectivity index (χ3v) is 4.04. The zero-order valence-corrected chi connectivity index (χ0v) is 13.2.